The molecule has 174 valence electrons. The van der Waals surface area contributed by atoms with Crippen LogP contribution in [0.1, 0.15) is 51.5 Å². The third-order valence-corrected chi connectivity index (χ3v) is 7.16. The van der Waals surface area contributed by atoms with E-state index in [9.17, 15) is 14.4 Å². The topological polar surface area (TPSA) is 73.0 Å². The van der Waals surface area contributed by atoms with Gasteiger partial charge in [0.1, 0.15) is 5.54 Å². The largest absolute Gasteiger partial charge is 0.341 e. The normalized spacial score (nSPS) is 23.8. The molecule has 1 N–H and O–H groups in total. The Morgan fingerprint density at radius 1 is 1.12 bits per heavy atom. The molecule has 7 heteroatoms. The van der Waals surface area contributed by atoms with Crippen LogP contribution in [0.2, 0.25) is 0 Å². The SMILES string of the molecule is CC(C)CC(=O)N1CCCC(N2C(=O)NC3(CCN(CCc4ccccc4)CC3)C2=O)C1. The zero-order valence-electron chi connectivity index (χ0n) is 19.4. The highest BCUT2D eigenvalue weighted by molar-refractivity contribution is 6.07. The van der Waals surface area contributed by atoms with Crippen molar-refractivity contribution in [3.8, 4) is 0 Å². The van der Waals surface area contributed by atoms with Crippen molar-refractivity contribution in [3.63, 3.8) is 0 Å². The number of rotatable bonds is 6. The standard InChI is InChI=1S/C25H36N4O3/c1-19(2)17-22(30)28-13-6-9-21(18-28)29-23(31)25(26-24(29)32)11-15-27(16-12-25)14-10-20-7-4-3-5-8-20/h3-5,7-8,19,21H,6,9-18H2,1-2H3,(H,26,32). The highest BCUT2D eigenvalue weighted by Crippen LogP contribution is 2.32. The third kappa shape index (κ3) is 4.82. The van der Waals surface area contributed by atoms with Crippen LogP contribution in [0.25, 0.3) is 0 Å². The van der Waals surface area contributed by atoms with E-state index in [1.54, 1.807) is 0 Å². The molecule has 3 fully saturated rings. The van der Waals surface area contributed by atoms with Crippen LogP contribution in [0, 0.1) is 5.92 Å². The van der Waals surface area contributed by atoms with Gasteiger partial charge in [0.25, 0.3) is 5.91 Å². The van der Waals surface area contributed by atoms with Gasteiger partial charge in [-0.25, -0.2) is 4.79 Å². The van der Waals surface area contributed by atoms with Crippen LogP contribution in [0.5, 0.6) is 0 Å². The lowest BCUT2D eigenvalue weighted by Gasteiger charge is -2.39. The molecule has 3 saturated heterocycles. The molecule has 3 heterocycles. The number of amides is 4. The molecule has 1 unspecified atom stereocenters. The molecule has 7 nitrogen and oxygen atoms in total. The molecular weight excluding hydrogens is 404 g/mol. The number of urea groups is 1. The van der Waals surface area contributed by atoms with E-state index < -0.39 is 5.54 Å². The molecule has 3 aliphatic heterocycles. The Morgan fingerprint density at radius 2 is 1.84 bits per heavy atom. The average molecular weight is 441 g/mol. The Morgan fingerprint density at radius 3 is 2.53 bits per heavy atom. The predicted molar refractivity (Wildman–Crippen MR) is 123 cm³/mol. The lowest BCUT2D eigenvalue weighted by Crippen LogP contribution is -2.56. The maximum atomic E-state index is 13.5. The van der Waals surface area contributed by atoms with Gasteiger partial charge >= 0.3 is 6.03 Å². The molecule has 3 aliphatic rings. The molecule has 32 heavy (non-hydrogen) atoms. The van der Waals surface area contributed by atoms with Crippen molar-refractivity contribution in [2.24, 2.45) is 5.92 Å². The monoisotopic (exact) mass is 440 g/mol. The molecule has 1 atom stereocenters. The minimum atomic E-state index is -0.773. The Labute approximate surface area is 191 Å². The van der Waals surface area contributed by atoms with Crippen LogP contribution in [0.15, 0.2) is 30.3 Å². The van der Waals surface area contributed by atoms with E-state index in [0.717, 1.165) is 38.9 Å². The average Bonchev–Trinajstić information content (AvgIpc) is 3.03. The fourth-order valence-corrected chi connectivity index (χ4v) is 5.27. The zero-order valence-corrected chi connectivity index (χ0v) is 19.4. The summed E-state index contributed by atoms with van der Waals surface area (Å²) in [6.07, 6.45) is 4.38. The maximum absolute atomic E-state index is 13.5. The number of carbonyl (C=O) groups excluding carboxylic acids is 3. The molecule has 0 saturated carbocycles. The number of hydrogen-bond acceptors (Lipinski definition) is 4. The summed E-state index contributed by atoms with van der Waals surface area (Å²) >= 11 is 0. The maximum Gasteiger partial charge on any atom is 0.325 e. The number of hydrogen-bond donors (Lipinski definition) is 1. The van der Waals surface area contributed by atoms with Crippen LogP contribution < -0.4 is 5.32 Å². The van der Waals surface area contributed by atoms with Crippen LogP contribution in [0.3, 0.4) is 0 Å². The molecule has 1 aromatic rings. The molecular formula is C25H36N4O3. The van der Waals surface area contributed by atoms with Crippen molar-refractivity contribution in [3.05, 3.63) is 35.9 Å². The Balaban J connectivity index is 1.34. The molecule has 1 aromatic carbocycles. The summed E-state index contributed by atoms with van der Waals surface area (Å²) in [5.41, 5.74) is 0.544. The van der Waals surface area contributed by atoms with Crippen molar-refractivity contribution >= 4 is 17.8 Å². The van der Waals surface area contributed by atoms with E-state index in [1.165, 1.54) is 10.5 Å². The molecule has 4 amide bonds. The summed E-state index contributed by atoms with van der Waals surface area (Å²) in [6, 6.07) is 9.93. The highest BCUT2D eigenvalue weighted by Gasteiger charge is 2.54. The summed E-state index contributed by atoms with van der Waals surface area (Å²) < 4.78 is 0. The first-order valence-electron chi connectivity index (χ1n) is 12.1. The fraction of sp³-hybridized carbons (Fsp3) is 0.640. The van der Waals surface area contributed by atoms with Gasteiger partial charge in [0.15, 0.2) is 0 Å². The first kappa shape index (κ1) is 22.8. The molecule has 0 aromatic heterocycles. The van der Waals surface area contributed by atoms with Gasteiger partial charge < -0.3 is 15.1 Å². The van der Waals surface area contributed by atoms with E-state index in [2.05, 4.69) is 34.5 Å². The number of imide groups is 1. The number of carbonyl (C=O) groups is 3. The quantitative estimate of drug-likeness (QED) is 0.691. The number of nitrogens with zero attached hydrogens (tertiary/aromatic N) is 3. The van der Waals surface area contributed by atoms with Crippen molar-refractivity contribution < 1.29 is 14.4 Å². The van der Waals surface area contributed by atoms with Crippen molar-refractivity contribution in [2.45, 2.75) is 64.0 Å². The van der Waals surface area contributed by atoms with Gasteiger partial charge in [-0.05, 0) is 43.6 Å². The van der Waals surface area contributed by atoms with Gasteiger partial charge in [0, 0.05) is 39.1 Å². The van der Waals surface area contributed by atoms with Crippen LogP contribution >= 0.6 is 0 Å². The predicted octanol–water partition coefficient (Wildman–Crippen LogP) is 2.65. The fourth-order valence-electron chi connectivity index (χ4n) is 5.27. The van der Waals surface area contributed by atoms with Crippen molar-refractivity contribution in [2.75, 3.05) is 32.7 Å². The van der Waals surface area contributed by atoms with Gasteiger partial charge in [-0.15, -0.1) is 0 Å². The van der Waals surface area contributed by atoms with Gasteiger partial charge in [-0.2, -0.15) is 0 Å². The van der Waals surface area contributed by atoms with Crippen LogP contribution in [0.4, 0.5) is 4.79 Å². The van der Waals surface area contributed by atoms with Crippen molar-refractivity contribution in [1.29, 1.82) is 0 Å². The van der Waals surface area contributed by atoms with Gasteiger partial charge in [-0.1, -0.05) is 44.2 Å². The summed E-state index contributed by atoms with van der Waals surface area (Å²) in [6.45, 7) is 7.81. The molecule has 4 rings (SSSR count). The number of nitrogens with one attached hydrogen (secondary N) is 1. The third-order valence-electron chi connectivity index (χ3n) is 7.16. The highest BCUT2D eigenvalue weighted by atomic mass is 16.2. The van der Waals surface area contributed by atoms with E-state index in [0.29, 0.717) is 38.3 Å². The lowest BCUT2D eigenvalue weighted by atomic mass is 9.87. The summed E-state index contributed by atoms with van der Waals surface area (Å²) in [5, 5.41) is 3.04. The van der Waals surface area contributed by atoms with Crippen LogP contribution in [-0.2, 0) is 16.0 Å². The number of piperidine rings is 2. The second-order valence-corrected chi connectivity index (χ2v) is 10.00. The second kappa shape index (κ2) is 9.61. The Bertz CT molecular complexity index is 833. The van der Waals surface area contributed by atoms with Gasteiger partial charge in [-0.3, -0.25) is 14.5 Å². The second-order valence-electron chi connectivity index (χ2n) is 10.00. The van der Waals surface area contributed by atoms with E-state index in [4.69, 9.17) is 0 Å². The first-order valence-corrected chi connectivity index (χ1v) is 12.1. The zero-order chi connectivity index (χ0) is 22.7. The summed E-state index contributed by atoms with van der Waals surface area (Å²) in [5.74, 6) is 0.335. The summed E-state index contributed by atoms with van der Waals surface area (Å²) in [4.78, 5) is 44.5. The smallest absolute Gasteiger partial charge is 0.325 e. The Hall–Kier alpha value is -2.41. The van der Waals surface area contributed by atoms with Crippen molar-refractivity contribution in [1.82, 2.24) is 20.0 Å². The van der Waals surface area contributed by atoms with E-state index in [-0.39, 0.29) is 23.9 Å². The van der Waals surface area contributed by atoms with Gasteiger partial charge in [0.05, 0.1) is 6.04 Å². The van der Waals surface area contributed by atoms with Gasteiger partial charge in [0.2, 0.25) is 5.91 Å². The molecule has 0 radical (unpaired) electrons. The van der Waals surface area contributed by atoms with Crippen LogP contribution in [-0.4, -0.2) is 76.8 Å². The number of likely N-dealkylation sites (tertiary alicyclic amines) is 2. The lowest BCUT2D eigenvalue weighted by molar-refractivity contribution is -0.139. The summed E-state index contributed by atoms with van der Waals surface area (Å²) in [7, 11) is 0. The Kier molecular flexibility index (Phi) is 6.84. The number of benzene rings is 1. The van der Waals surface area contributed by atoms with E-state index in [1.807, 2.05) is 24.8 Å². The minimum Gasteiger partial charge on any atom is -0.341 e. The minimum absolute atomic E-state index is 0.0895. The molecule has 1 spiro atoms. The molecule has 0 bridgehead atoms. The first-order chi connectivity index (χ1) is 15.4. The van der Waals surface area contributed by atoms with E-state index >= 15 is 0 Å². The molecule has 0 aliphatic carbocycles.